The van der Waals surface area contributed by atoms with Crippen LogP contribution in [0.4, 0.5) is 0 Å². The molecule has 0 fully saturated rings. The average molecular weight is 387 g/mol. The number of hydrogen-bond acceptors (Lipinski definition) is 2. The average Bonchev–Trinajstić information content (AvgIpc) is 2.65. The van der Waals surface area contributed by atoms with Crippen molar-refractivity contribution < 1.29 is 9.32 Å². The summed E-state index contributed by atoms with van der Waals surface area (Å²) in [5, 5.41) is 10.4. The molecule has 3 heteroatoms. The van der Waals surface area contributed by atoms with E-state index in [1.165, 1.54) is 5.56 Å². The molecule has 2 aromatic rings. The maximum absolute atomic E-state index is 13.8. The van der Waals surface area contributed by atoms with Gasteiger partial charge in [0.15, 0.2) is 0 Å². The van der Waals surface area contributed by atoms with E-state index in [0.29, 0.717) is 12.3 Å². The lowest BCUT2D eigenvalue weighted by atomic mass is 9.89. The maximum atomic E-state index is 13.8. The topological polar surface area (TPSA) is 37.3 Å². The molecule has 0 bridgehead atoms. The fourth-order valence-corrected chi connectivity index (χ4v) is 5.22. The lowest BCUT2D eigenvalue weighted by Gasteiger charge is -2.23. The van der Waals surface area contributed by atoms with Crippen LogP contribution in [0.2, 0.25) is 0 Å². The number of benzene rings is 2. The predicted molar refractivity (Wildman–Crippen MR) is 115 cm³/mol. The molecule has 0 radical (unpaired) electrons. The van der Waals surface area contributed by atoms with Crippen LogP contribution in [0.5, 0.6) is 0 Å². The van der Waals surface area contributed by atoms with Crippen molar-refractivity contribution in [2.75, 3.05) is 0 Å². The summed E-state index contributed by atoms with van der Waals surface area (Å²) < 4.78 is 13.8. The van der Waals surface area contributed by atoms with Crippen molar-refractivity contribution in [1.29, 1.82) is 0 Å². The summed E-state index contributed by atoms with van der Waals surface area (Å²) in [5.74, 6) is 0.989. The Labute approximate surface area is 167 Å². The summed E-state index contributed by atoms with van der Waals surface area (Å²) >= 11 is 0. The van der Waals surface area contributed by atoms with E-state index in [1.54, 1.807) is 0 Å². The van der Waals surface area contributed by atoms with Gasteiger partial charge in [0.05, 0.1) is 21.8 Å². The number of rotatable bonds is 7. The molecule has 0 aliphatic heterocycles. The molecule has 2 atom stereocenters. The van der Waals surface area contributed by atoms with Gasteiger partial charge in [-0.05, 0) is 52.5 Å². The van der Waals surface area contributed by atoms with E-state index in [9.17, 15) is 9.32 Å². The molecule has 148 valence electrons. The molecule has 0 heterocycles. The summed E-state index contributed by atoms with van der Waals surface area (Å²) in [6.45, 7) is 15.0. The fourth-order valence-electron chi connectivity index (χ4n) is 3.36. The van der Waals surface area contributed by atoms with E-state index in [2.05, 4.69) is 53.7 Å². The molecule has 0 spiro atoms. The Kier molecular flexibility index (Phi) is 7.41. The van der Waals surface area contributed by atoms with Gasteiger partial charge in [0.1, 0.15) is 0 Å². The summed E-state index contributed by atoms with van der Waals surface area (Å²) in [4.78, 5) is 1.66. The minimum absolute atomic E-state index is 0.281. The molecule has 2 aromatic carbocycles. The zero-order valence-corrected chi connectivity index (χ0v) is 18.6. The molecule has 0 amide bonds. The Hall–Kier alpha value is -1.45. The molecule has 2 nitrogen and oxygen atoms in total. The standard InChI is InChI=1S/C24H34O2S/c1-8-22(25)19-11-9-10-12-23(19)27(26)24-20(16(4)5)13-18(15(2)3)14-21(24)17(6)7/h9-17,22,25H,8H2,1-7H3/t22-,27?/m1/s1. The van der Waals surface area contributed by atoms with Crippen molar-refractivity contribution in [2.24, 2.45) is 0 Å². The van der Waals surface area contributed by atoms with Crippen molar-refractivity contribution in [3.8, 4) is 0 Å². The lowest BCUT2D eigenvalue weighted by Crippen LogP contribution is -2.11. The van der Waals surface area contributed by atoms with E-state index in [1.807, 2.05) is 31.2 Å². The van der Waals surface area contributed by atoms with Crippen molar-refractivity contribution in [2.45, 2.75) is 88.5 Å². The van der Waals surface area contributed by atoms with Crippen LogP contribution in [-0.2, 0) is 10.8 Å². The van der Waals surface area contributed by atoms with Crippen LogP contribution < -0.4 is 0 Å². The Morgan fingerprint density at radius 3 is 1.81 bits per heavy atom. The van der Waals surface area contributed by atoms with E-state index >= 15 is 0 Å². The third kappa shape index (κ3) is 4.70. The van der Waals surface area contributed by atoms with Gasteiger partial charge < -0.3 is 5.11 Å². The van der Waals surface area contributed by atoms with Crippen LogP contribution >= 0.6 is 0 Å². The quantitative estimate of drug-likeness (QED) is 0.577. The highest BCUT2D eigenvalue weighted by atomic mass is 32.2. The van der Waals surface area contributed by atoms with E-state index in [-0.39, 0.29) is 11.8 Å². The van der Waals surface area contributed by atoms with Gasteiger partial charge in [0.25, 0.3) is 0 Å². The fraction of sp³-hybridized carbons (Fsp3) is 0.500. The Balaban J connectivity index is 2.76. The van der Waals surface area contributed by atoms with Crippen molar-refractivity contribution in [3.05, 3.63) is 58.7 Å². The van der Waals surface area contributed by atoms with Gasteiger partial charge in [-0.1, -0.05) is 78.8 Å². The summed E-state index contributed by atoms with van der Waals surface area (Å²) in [7, 11) is -1.33. The van der Waals surface area contributed by atoms with Gasteiger partial charge in [-0.25, -0.2) is 4.21 Å². The van der Waals surface area contributed by atoms with E-state index < -0.39 is 16.9 Å². The predicted octanol–water partition coefficient (Wildman–Crippen LogP) is 6.67. The molecule has 2 rings (SSSR count). The van der Waals surface area contributed by atoms with Crippen LogP contribution in [0.1, 0.15) is 101 Å². The molecule has 0 saturated carbocycles. The second-order valence-electron chi connectivity index (χ2n) is 8.22. The molecule has 0 aliphatic rings. The highest BCUT2D eigenvalue weighted by molar-refractivity contribution is 7.85. The normalized spacial score (nSPS) is 14.2. The third-order valence-corrected chi connectivity index (χ3v) is 6.74. The smallest absolute Gasteiger partial charge is 0.0859 e. The maximum Gasteiger partial charge on any atom is 0.0859 e. The highest BCUT2D eigenvalue weighted by Crippen LogP contribution is 2.37. The Morgan fingerprint density at radius 2 is 1.37 bits per heavy atom. The van der Waals surface area contributed by atoms with Gasteiger partial charge in [0.2, 0.25) is 0 Å². The van der Waals surface area contributed by atoms with Crippen LogP contribution in [0.25, 0.3) is 0 Å². The van der Waals surface area contributed by atoms with Crippen LogP contribution in [0.3, 0.4) is 0 Å². The van der Waals surface area contributed by atoms with Crippen LogP contribution in [0, 0.1) is 0 Å². The number of hydrogen-bond donors (Lipinski definition) is 1. The highest BCUT2D eigenvalue weighted by Gasteiger charge is 2.24. The van der Waals surface area contributed by atoms with Crippen molar-refractivity contribution >= 4 is 10.8 Å². The molecular formula is C24H34O2S. The molecule has 0 aromatic heterocycles. The van der Waals surface area contributed by atoms with Crippen LogP contribution in [-0.4, -0.2) is 9.32 Å². The van der Waals surface area contributed by atoms with E-state index in [4.69, 9.17) is 0 Å². The molecular weight excluding hydrogens is 352 g/mol. The monoisotopic (exact) mass is 386 g/mol. The number of aliphatic hydroxyl groups excluding tert-OH is 1. The third-order valence-electron chi connectivity index (χ3n) is 5.13. The summed E-state index contributed by atoms with van der Waals surface area (Å²) in [5.41, 5.74) is 4.38. The zero-order chi connectivity index (χ0) is 20.3. The first kappa shape index (κ1) is 21.8. The molecule has 0 saturated heterocycles. The first-order chi connectivity index (χ1) is 12.7. The SMILES string of the molecule is CC[C@@H](O)c1ccccc1S(=O)c1c(C(C)C)cc(C(C)C)cc1C(C)C. The van der Waals surface area contributed by atoms with E-state index in [0.717, 1.165) is 26.5 Å². The zero-order valence-electron chi connectivity index (χ0n) is 17.7. The molecule has 27 heavy (non-hydrogen) atoms. The second-order valence-corrected chi connectivity index (χ2v) is 9.61. The summed E-state index contributed by atoms with van der Waals surface area (Å²) in [6, 6.07) is 12.1. The molecule has 1 unspecified atom stereocenters. The van der Waals surface area contributed by atoms with Gasteiger partial charge >= 0.3 is 0 Å². The minimum Gasteiger partial charge on any atom is -0.388 e. The van der Waals surface area contributed by atoms with Crippen LogP contribution in [0.15, 0.2) is 46.2 Å². The molecule has 1 N–H and O–H groups in total. The summed E-state index contributed by atoms with van der Waals surface area (Å²) in [6.07, 6.45) is 0.0132. The number of aliphatic hydroxyl groups is 1. The largest absolute Gasteiger partial charge is 0.388 e. The Morgan fingerprint density at radius 1 is 0.852 bits per heavy atom. The first-order valence-electron chi connectivity index (χ1n) is 10.0. The van der Waals surface area contributed by atoms with Gasteiger partial charge in [-0.15, -0.1) is 0 Å². The first-order valence-corrected chi connectivity index (χ1v) is 11.2. The van der Waals surface area contributed by atoms with Gasteiger partial charge in [-0.2, -0.15) is 0 Å². The second kappa shape index (κ2) is 9.16. The van der Waals surface area contributed by atoms with Crippen molar-refractivity contribution in [3.63, 3.8) is 0 Å². The van der Waals surface area contributed by atoms with Crippen molar-refractivity contribution in [1.82, 2.24) is 0 Å². The molecule has 0 aliphatic carbocycles. The minimum atomic E-state index is -1.33. The van der Waals surface area contributed by atoms with Gasteiger partial charge in [0, 0.05) is 4.90 Å². The van der Waals surface area contributed by atoms with Gasteiger partial charge in [-0.3, -0.25) is 0 Å². The Bertz CT molecular complexity index is 777. The lowest BCUT2D eigenvalue weighted by molar-refractivity contribution is 0.170.